The number of carboxylic acids is 1. The summed E-state index contributed by atoms with van der Waals surface area (Å²) < 4.78 is 58.4. The highest BCUT2D eigenvalue weighted by molar-refractivity contribution is 8.00. The molecule has 2 heterocycles. The maximum atomic E-state index is 14.9. The molecule has 832 valence electrons. The molecule has 2 aliphatic heterocycles. The predicted molar refractivity (Wildman–Crippen MR) is 540 cm³/mol. The standard InChI is InChI=1S/C81H131N13O21S.C11H21NO7.C7H16O4/c1-17-51(9)70(60(110-14)43-64(98)93-41-26-30-59(93)72(112-16)52(10)73(101)86-53(11)71(100)55-27-21-19-22-28-55)91(12)78(106)68(49(5)6)90-76(104)69(50(7)8)92(13)81(109)114-46-54-32-34-56(35-33-54)87-74(102)58(29-25-37-84-79(82)107)88-75(103)67(48(3)4)89-63(97)31-23-20-24-40-94-65(99)44-61(77(94)105)116-42-39-83-62(96)36-38-85-80(108)113-47-66(111-15)115-57(18-2)45-95;1-3-8(6-13)19-10(17-2)7-18-11(16)12-5-4-9(14)15;1-3-6(4-8)11-7(5-9)10-2/h19,21-22,27-28,32-35,48-53,57-61,66-72,95,100H,17-18,20,23-26,29-31,36-47H2,1-16H3,(H,83,96)(H,85,108)(H,86,101)(H,87,102)(H,88,103)(H,89,97)(H,90,104)(H3,82,84,107);8,10,13H,3-7H2,1-2H3,(H,12,16)(H,14,15);6-9H,3-5H2,1-2H3/t51-,52+,53+,57?,58-,59-,60+,61?,66?,67-,68?,69-,70-,71+,72+;;/m0../s1. The number of thioether (sulfide) groups is 1. The van der Waals surface area contributed by atoms with Crippen molar-refractivity contribution in [3.8, 4) is 0 Å². The van der Waals surface area contributed by atoms with Gasteiger partial charge in [0.1, 0.15) is 44.0 Å². The minimum atomic E-state index is -1.16. The molecule has 2 aliphatic rings. The number of aliphatic hydroxyl groups is 5. The van der Waals surface area contributed by atoms with Crippen molar-refractivity contribution >= 4 is 107 Å². The van der Waals surface area contributed by atoms with E-state index in [0.29, 0.717) is 86.9 Å². The third kappa shape index (κ3) is 48.3. The summed E-state index contributed by atoms with van der Waals surface area (Å²) >= 11 is 1.24. The number of unbranched alkanes of at least 4 members (excludes halogenated alkanes) is 2. The van der Waals surface area contributed by atoms with Crippen LogP contribution in [0.1, 0.15) is 210 Å². The summed E-state index contributed by atoms with van der Waals surface area (Å²) in [7, 11) is 10.3. The van der Waals surface area contributed by atoms with Crippen LogP contribution in [0.15, 0.2) is 54.6 Å². The summed E-state index contributed by atoms with van der Waals surface area (Å²) in [6, 6.07) is 8.46. The number of likely N-dealkylation sites (N-methyl/N-ethyl adjacent to an activating group) is 2. The Labute approximate surface area is 862 Å². The molecule has 0 spiro atoms. The number of methoxy groups -OCH3 is 5. The van der Waals surface area contributed by atoms with Crippen LogP contribution in [0.5, 0.6) is 0 Å². The van der Waals surface area contributed by atoms with Crippen molar-refractivity contribution in [3.63, 3.8) is 0 Å². The Balaban J connectivity index is 0.00000205. The van der Waals surface area contributed by atoms with Crippen LogP contribution in [0.25, 0.3) is 0 Å². The molecule has 8 unspecified atom stereocenters. The largest absolute Gasteiger partial charge is 0.481 e. The maximum Gasteiger partial charge on any atom is 0.410 e. The number of nitrogens with zero attached hydrogens (tertiary/aromatic N) is 4. The highest BCUT2D eigenvalue weighted by atomic mass is 32.2. The van der Waals surface area contributed by atoms with E-state index in [1.807, 2.05) is 52.8 Å². The molecule has 0 aliphatic carbocycles. The van der Waals surface area contributed by atoms with Gasteiger partial charge in [-0.3, -0.25) is 62.5 Å². The number of anilines is 1. The lowest BCUT2D eigenvalue weighted by molar-refractivity contribution is -0.181. The number of alkyl carbamates (subject to hydrolysis) is 2. The Morgan fingerprint density at radius 1 is 0.555 bits per heavy atom. The number of nitrogens with one attached hydrogen (secondary N) is 9. The molecule has 19 atom stereocenters. The van der Waals surface area contributed by atoms with Gasteiger partial charge in [0.2, 0.25) is 59.1 Å². The van der Waals surface area contributed by atoms with E-state index in [1.54, 1.807) is 109 Å². The van der Waals surface area contributed by atoms with E-state index < -0.39 is 174 Å². The second-order valence-electron chi connectivity index (χ2n) is 36.6. The summed E-state index contributed by atoms with van der Waals surface area (Å²) in [6.45, 7) is 23.1. The third-order valence-electron chi connectivity index (χ3n) is 24.6. The first-order valence-electron chi connectivity index (χ1n) is 50.0. The normalized spacial score (nSPS) is 17.0. The summed E-state index contributed by atoms with van der Waals surface area (Å²) in [6.07, 6.45) is -3.26. The molecule has 47 heteroatoms. The maximum absolute atomic E-state index is 14.9. The fourth-order valence-electron chi connectivity index (χ4n) is 15.8. The zero-order valence-electron chi connectivity index (χ0n) is 88.7. The molecule has 0 saturated carbocycles. The molecular formula is C99H168N14O32S. The Hall–Kier alpha value is -10.3. The average Bonchev–Trinajstić information content (AvgIpc) is 1.49. The first kappa shape index (κ1) is 132. The van der Waals surface area contributed by atoms with Crippen molar-refractivity contribution < 1.29 is 155 Å². The van der Waals surface area contributed by atoms with E-state index in [9.17, 15) is 82.1 Å². The van der Waals surface area contributed by atoms with Crippen molar-refractivity contribution in [1.82, 2.24) is 62.1 Å². The predicted octanol–water partition coefficient (Wildman–Crippen LogP) is 4.69. The first-order chi connectivity index (χ1) is 69.4. The van der Waals surface area contributed by atoms with Crippen molar-refractivity contribution in [3.05, 3.63) is 65.7 Å². The fraction of sp³-hybridized carbons (Fsp3) is 0.727. The lowest BCUT2D eigenvalue weighted by Gasteiger charge is -2.41. The Morgan fingerprint density at radius 3 is 1.63 bits per heavy atom. The SMILES string of the molecule is CCC(CO)OC(CO)OC.CCC(CO)OC(COC(=O)NCCC(=O)NCCSC1CC(=O)N(CCCCCC(=O)N[C@H](C(=O)N[C@@H](CCCNC(N)=O)C(=O)Nc2ccc(COC(=O)N(C)[C@H](C(=O)NC(C(=O)N(C)[C@@H]([C@@H](C)CC)[C@@H](CC(=O)N3CCC[C@H]3[C@H](OC)[C@@H](C)C(=O)N[C@H](C)[C@@H](O)c3ccccc3)OC)C(C)C)C(C)C)cc2)C(C)C)C1=O)OC.CCC(CO)OC(COC(=O)NCCC(=O)O)OC. The molecule has 0 bridgehead atoms. The van der Waals surface area contributed by atoms with Crippen LogP contribution in [0.3, 0.4) is 0 Å². The lowest BCUT2D eigenvalue weighted by atomic mass is 9.89. The number of hydrogen-bond acceptors (Lipinski definition) is 32. The molecule has 2 fully saturated rings. The molecule has 2 aromatic carbocycles. The van der Waals surface area contributed by atoms with Gasteiger partial charge in [0.15, 0.2) is 18.9 Å². The summed E-state index contributed by atoms with van der Waals surface area (Å²) in [4.78, 5) is 202. The zero-order valence-corrected chi connectivity index (χ0v) is 89.5. The second kappa shape index (κ2) is 72.9. The van der Waals surface area contributed by atoms with E-state index in [-0.39, 0.29) is 172 Å². The molecule has 46 nitrogen and oxygen atoms in total. The molecule has 2 aromatic rings. The molecule has 17 N–H and O–H groups in total. The number of carbonyl (C=O) groups is 15. The number of benzene rings is 2. The van der Waals surface area contributed by atoms with Gasteiger partial charge in [0.05, 0.1) is 105 Å². The van der Waals surface area contributed by atoms with E-state index >= 15 is 0 Å². The lowest BCUT2D eigenvalue weighted by Crippen LogP contribution is -2.60. The fourth-order valence-corrected chi connectivity index (χ4v) is 16.8. The van der Waals surface area contributed by atoms with Crippen molar-refractivity contribution in [2.45, 2.75) is 302 Å². The van der Waals surface area contributed by atoms with Crippen LogP contribution in [0, 0.1) is 29.6 Å². The summed E-state index contributed by atoms with van der Waals surface area (Å²) in [5.41, 5.74) is 6.76. The Morgan fingerprint density at radius 2 is 1.12 bits per heavy atom. The van der Waals surface area contributed by atoms with Gasteiger partial charge in [-0.05, 0) is 112 Å². The number of carboxylic acid groups (broad SMARTS) is 1. The Kier molecular flexibility index (Phi) is 65.8. The number of aliphatic carboxylic acids is 1. The van der Waals surface area contributed by atoms with Gasteiger partial charge in [-0.2, -0.15) is 0 Å². The number of carbonyl (C=O) groups excluding carboxylic acids is 14. The summed E-state index contributed by atoms with van der Waals surface area (Å²) in [5.74, 6) is -7.23. The van der Waals surface area contributed by atoms with Gasteiger partial charge >= 0.3 is 30.3 Å². The highest BCUT2D eigenvalue weighted by Crippen LogP contribution is 2.32. The van der Waals surface area contributed by atoms with Crippen LogP contribution in [-0.2, 0) is 111 Å². The molecule has 4 rings (SSSR count). The number of nitrogens with two attached hydrogens (primary N) is 1. The average molecular weight is 2100 g/mol. The summed E-state index contributed by atoms with van der Waals surface area (Å²) in [5, 5.41) is 78.5. The van der Waals surface area contributed by atoms with Gasteiger partial charge in [-0.25, -0.2) is 19.2 Å². The molecule has 2 saturated heterocycles. The van der Waals surface area contributed by atoms with Crippen molar-refractivity contribution in [2.75, 3.05) is 140 Å². The van der Waals surface area contributed by atoms with Gasteiger partial charge in [0, 0.05) is 120 Å². The second-order valence-corrected chi connectivity index (χ2v) is 37.9. The minimum Gasteiger partial charge on any atom is -0.481 e. The topological polar surface area (TPSA) is 626 Å². The molecule has 0 aromatic heterocycles. The smallest absolute Gasteiger partial charge is 0.410 e. The van der Waals surface area contributed by atoms with Crippen LogP contribution in [0.4, 0.5) is 24.9 Å². The minimum absolute atomic E-state index is 0.00287. The molecule has 15 amide bonds. The van der Waals surface area contributed by atoms with Crippen LogP contribution in [0.2, 0.25) is 0 Å². The molecular weight excluding hydrogens is 1930 g/mol. The number of hydrogen-bond donors (Lipinski definition) is 16. The van der Waals surface area contributed by atoms with E-state index in [1.165, 1.54) is 59.3 Å². The van der Waals surface area contributed by atoms with Crippen LogP contribution in [-0.4, -0.2) is 371 Å². The monoisotopic (exact) mass is 2100 g/mol. The van der Waals surface area contributed by atoms with Gasteiger partial charge in [-0.15, -0.1) is 11.8 Å². The number of urea groups is 1. The zero-order chi connectivity index (χ0) is 110. The van der Waals surface area contributed by atoms with E-state index in [0.717, 1.165) is 4.90 Å². The highest BCUT2D eigenvalue weighted by Gasteiger charge is 2.45. The van der Waals surface area contributed by atoms with Crippen LogP contribution >= 0.6 is 11.8 Å². The number of amides is 15. The number of ether oxygens (including phenoxy) is 11. The first-order valence-corrected chi connectivity index (χ1v) is 51.1. The van der Waals surface area contributed by atoms with Gasteiger partial charge in [-0.1, -0.05) is 138 Å². The molecule has 0 radical (unpaired) electrons. The quantitative estimate of drug-likeness (QED) is 0.0185. The van der Waals surface area contributed by atoms with E-state index in [4.69, 9.17) is 78.3 Å². The van der Waals surface area contributed by atoms with Gasteiger partial charge in [0.25, 0.3) is 0 Å². The number of likely N-dealkylation sites (tertiary alicyclic amines) is 2. The van der Waals surface area contributed by atoms with E-state index in [2.05, 4.69) is 47.9 Å². The third-order valence-corrected chi connectivity index (χ3v) is 25.9. The number of rotatable bonds is 68. The van der Waals surface area contributed by atoms with Gasteiger partial charge < -0.3 is 146 Å². The number of aliphatic hydroxyl groups excluding tert-OH is 5. The number of imide groups is 1. The van der Waals surface area contributed by atoms with Crippen molar-refractivity contribution in [1.29, 1.82) is 0 Å². The molecule has 146 heavy (non-hydrogen) atoms. The Bertz CT molecular complexity index is 4190. The van der Waals surface area contributed by atoms with Crippen molar-refractivity contribution in [2.24, 2.45) is 35.3 Å². The number of primary amides is 1. The van der Waals surface area contributed by atoms with Crippen LogP contribution < -0.4 is 53.6 Å².